The number of carbonyl (C=O) groups is 2. The summed E-state index contributed by atoms with van der Waals surface area (Å²) in [5.74, 6) is 0.218. The highest BCUT2D eigenvalue weighted by Gasteiger charge is 2.34. The van der Waals surface area contributed by atoms with E-state index in [0.29, 0.717) is 47.4 Å². The van der Waals surface area contributed by atoms with Crippen molar-refractivity contribution in [1.82, 2.24) is 5.32 Å². The second-order valence-electron chi connectivity index (χ2n) is 10.3. The second kappa shape index (κ2) is 11.5. The van der Waals surface area contributed by atoms with Crippen LogP contribution >= 0.6 is 0 Å². The highest BCUT2D eigenvalue weighted by molar-refractivity contribution is 6.23. The fraction of sp³-hybridized carbons (Fsp3) is 0.344. The van der Waals surface area contributed by atoms with E-state index in [1.54, 1.807) is 19.1 Å². The molecular formula is C32H36N2O3. The number of aliphatic carboxylic acids is 1. The van der Waals surface area contributed by atoms with Crippen molar-refractivity contribution in [2.45, 2.75) is 64.7 Å². The highest BCUT2D eigenvalue weighted by atomic mass is 16.4. The van der Waals surface area contributed by atoms with Gasteiger partial charge in [-0.3, -0.25) is 4.79 Å². The Balaban J connectivity index is 1.58. The average Bonchev–Trinajstić information content (AvgIpc) is 3.38. The quantitative estimate of drug-likeness (QED) is 0.274. The molecule has 3 unspecified atom stereocenters. The van der Waals surface area contributed by atoms with Crippen LogP contribution < -0.4 is 5.32 Å². The van der Waals surface area contributed by atoms with Crippen LogP contribution in [0.1, 0.15) is 80.0 Å². The summed E-state index contributed by atoms with van der Waals surface area (Å²) in [7, 11) is 0. The maximum Gasteiger partial charge on any atom is 0.331 e. The molecular weight excluding hydrogens is 460 g/mol. The van der Waals surface area contributed by atoms with Gasteiger partial charge < -0.3 is 15.8 Å². The Bertz CT molecular complexity index is 1290. The first kappa shape index (κ1) is 26.3. The molecule has 4 rings (SSSR count). The average molecular weight is 497 g/mol. The van der Waals surface area contributed by atoms with Gasteiger partial charge in [0.25, 0.3) is 5.91 Å². The number of amides is 1. The summed E-state index contributed by atoms with van der Waals surface area (Å²) in [6.45, 7) is 6.12. The molecule has 0 aromatic heterocycles. The van der Waals surface area contributed by atoms with Crippen molar-refractivity contribution in [1.29, 1.82) is 5.41 Å². The van der Waals surface area contributed by atoms with Crippen LogP contribution in [0.15, 0.2) is 77.5 Å². The molecule has 5 nitrogen and oxygen atoms in total. The van der Waals surface area contributed by atoms with Crippen molar-refractivity contribution >= 4 is 23.7 Å². The number of benzene rings is 2. The molecule has 3 N–H and O–H groups in total. The van der Waals surface area contributed by atoms with E-state index in [9.17, 15) is 9.59 Å². The van der Waals surface area contributed by atoms with Crippen molar-refractivity contribution in [3.8, 4) is 0 Å². The number of carboxylic acids is 1. The molecule has 1 saturated carbocycles. The van der Waals surface area contributed by atoms with Gasteiger partial charge in [-0.15, -0.1) is 0 Å². The van der Waals surface area contributed by atoms with Crippen LogP contribution in [0.2, 0.25) is 0 Å². The molecule has 0 aliphatic heterocycles. The molecule has 5 heteroatoms. The summed E-state index contributed by atoms with van der Waals surface area (Å²) in [5, 5.41) is 20.3. The van der Waals surface area contributed by atoms with E-state index in [1.807, 2.05) is 6.07 Å². The maximum absolute atomic E-state index is 13.1. The SMILES string of the molecule is CC(=N)/C(=C/c1ccc(C)c(C2CCCC2C(C)c2ccccc2)c1)C(=O)NC1=CC=C(C(=O)O)CC1. The lowest BCUT2D eigenvalue weighted by molar-refractivity contribution is -0.132. The molecule has 2 aromatic carbocycles. The number of hydrogen-bond acceptors (Lipinski definition) is 3. The molecule has 1 fully saturated rings. The molecule has 3 atom stereocenters. The monoisotopic (exact) mass is 496 g/mol. The minimum atomic E-state index is -0.935. The Labute approximate surface area is 219 Å². The van der Waals surface area contributed by atoms with E-state index in [4.69, 9.17) is 10.5 Å². The Morgan fingerprint density at radius 2 is 1.84 bits per heavy atom. The molecule has 2 aliphatic carbocycles. The van der Waals surface area contributed by atoms with Gasteiger partial charge in [0, 0.05) is 17.0 Å². The zero-order valence-electron chi connectivity index (χ0n) is 21.9. The van der Waals surface area contributed by atoms with Crippen molar-refractivity contribution in [3.05, 3.63) is 99.8 Å². The van der Waals surface area contributed by atoms with Gasteiger partial charge in [-0.05, 0) is 91.7 Å². The van der Waals surface area contributed by atoms with Gasteiger partial charge in [0.15, 0.2) is 0 Å². The summed E-state index contributed by atoms with van der Waals surface area (Å²) >= 11 is 0. The van der Waals surface area contributed by atoms with E-state index >= 15 is 0 Å². The van der Waals surface area contributed by atoms with E-state index < -0.39 is 5.97 Å². The lowest BCUT2D eigenvalue weighted by Gasteiger charge is -2.28. The smallest absolute Gasteiger partial charge is 0.331 e. The van der Waals surface area contributed by atoms with Crippen LogP contribution in [-0.2, 0) is 9.59 Å². The Morgan fingerprint density at radius 3 is 2.49 bits per heavy atom. The molecule has 0 radical (unpaired) electrons. The van der Waals surface area contributed by atoms with Crippen molar-refractivity contribution in [2.24, 2.45) is 5.92 Å². The zero-order valence-corrected chi connectivity index (χ0v) is 21.9. The Kier molecular flexibility index (Phi) is 8.22. The molecule has 0 bridgehead atoms. The predicted octanol–water partition coefficient (Wildman–Crippen LogP) is 6.91. The van der Waals surface area contributed by atoms with E-state index in [-0.39, 0.29) is 11.6 Å². The molecule has 192 valence electrons. The first-order chi connectivity index (χ1) is 17.7. The van der Waals surface area contributed by atoms with Gasteiger partial charge >= 0.3 is 5.97 Å². The third kappa shape index (κ3) is 6.16. The van der Waals surface area contributed by atoms with E-state index in [1.165, 1.54) is 35.6 Å². The molecule has 0 saturated heterocycles. The number of aryl methyl sites for hydroxylation is 1. The van der Waals surface area contributed by atoms with Crippen LogP contribution in [0.4, 0.5) is 0 Å². The van der Waals surface area contributed by atoms with Crippen molar-refractivity contribution < 1.29 is 14.7 Å². The van der Waals surface area contributed by atoms with Crippen molar-refractivity contribution in [2.75, 3.05) is 0 Å². The molecule has 1 amide bonds. The van der Waals surface area contributed by atoms with E-state index in [0.717, 1.165) is 12.0 Å². The first-order valence-corrected chi connectivity index (χ1v) is 13.1. The minimum Gasteiger partial charge on any atom is -0.478 e. The summed E-state index contributed by atoms with van der Waals surface area (Å²) in [6.07, 6.45) is 9.37. The molecule has 0 heterocycles. The molecule has 37 heavy (non-hydrogen) atoms. The minimum absolute atomic E-state index is 0.189. The summed E-state index contributed by atoms with van der Waals surface area (Å²) in [6, 6.07) is 17.1. The van der Waals surface area contributed by atoms with E-state index in [2.05, 4.69) is 61.6 Å². The number of allylic oxidation sites excluding steroid dienone is 3. The number of rotatable bonds is 8. The van der Waals surface area contributed by atoms with Crippen LogP contribution in [0, 0.1) is 18.3 Å². The van der Waals surface area contributed by atoms with Crippen molar-refractivity contribution in [3.63, 3.8) is 0 Å². The molecule has 2 aliphatic rings. The summed E-state index contributed by atoms with van der Waals surface area (Å²) in [5.41, 5.74) is 6.39. The van der Waals surface area contributed by atoms with Gasteiger partial charge in [-0.25, -0.2) is 4.79 Å². The standard InChI is InChI=1S/C32H36N2O3/c1-20-12-13-23(18-29(20)28-11-7-10-27(28)21(2)24-8-5-4-6-9-24)19-30(22(3)33)31(35)34-26-16-14-25(15-17-26)32(36)37/h4-6,8-9,12-14,16,18-19,21,27-28,33H,7,10-11,15,17H2,1-3H3,(H,34,35)(H,36,37)/b30-19-,33-22?. The van der Waals surface area contributed by atoms with Gasteiger partial charge in [0.1, 0.15) is 0 Å². The lowest BCUT2D eigenvalue weighted by atomic mass is 9.76. The molecule has 2 aromatic rings. The maximum atomic E-state index is 13.1. The van der Waals surface area contributed by atoms with Gasteiger partial charge in [-0.1, -0.05) is 68.0 Å². The number of carbonyl (C=O) groups excluding carboxylic acids is 1. The lowest BCUT2D eigenvalue weighted by Crippen LogP contribution is -2.27. The third-order valence-corrected chi connectivity index (χ3v) is 7.90. The fourth-order valence-corrected chi connectivity index (χ4v) is 5.77. The predicted molar refractivity (Wildman–Crippen MR) is 149 cm³/mol. The van der Waals surface area contributed by atoms with Gasteiger partial charge in [0.2, 0.25) is 0 Å². The van der Waals surface area contributed by atoms with Crippen LogP contribution in [0.5, 0.6) is 0 Å². The Morgan fingerprint density at radius 1 is 1.08 bits per heavy atom. The van der Waals surface area contributed by atoms with Crippen LogP contribution in [0.3, 0.4) is 0 Å². The number of hydrogen-bond donors (Lipinski definition) is 3. The number of nitrogens with one attached hydrogen (secondary N) is 2. The normalized spacial score (nSPS) is 20.6. The zero-order chi connectivity index (χ0) is 26.5. The number of carboxylic acid groups (broad SMARTS) is 1. The fourth-order valence-electron chi connectivity index (χ4n) is 5.77. The first-order valence-electron chi connectivity index (χ1n) is 13.1. The van der Waals surface area contributed by atoms with Crippen LogP contribution in [0.25, 0.3) is 6.08 Å². The Hall–Kier alpha value is -3.73. The summed E-state index contributed by atoms with van der Waals surface area (Å²) in [4.78, 5) is 24.2. The van der Waals surface area contributed by atoms with Gasteiger partial charge in [0.05, 0.1) is 5.57 Å². The topological polar surface area (TPSA) is 90.3 Å². The van der Waals surface area contributed by atoms with Gasteiger partial charge in [-0.2, -0.15) is 0 Å². The van der Waals surface area contributed by atoms with Crippen LogP contribution in [-0.4, -0.2) is 22.7 Å². The molecule has 0 spiro atoms. The second-order valence-corrected chi connectivity index (χ2v) is 10.3. The third-order valence-electron chi connectivity index (χ3n) is 7.90. The highest BCUT2D eigenvalue weighted by Crippen LogP contribution is 2.47. The summed E-state index contributed by atoms with van der Waals surface area (Å²) < 4.78 is 0. The largest absolute Gasteiger partial charge is 0.478 e.